The Hall–Kier alpha value is -0.610. The van der Waals surface area contributed by atoms with Gasteiger partial charge in [0.2, 0.25) is 5.91 Å². The highest BCUT2D eigenvalue weighted by Crippen LogP contribution is 2.13. The molecule has 0 bridgehead atoms. The number of nitrogens with two attached hydrogens (primary N) is 1. The minimum Gasteiger partial charge on any atom is -0.339 e. The second-order valence-electron chi connectivity index (χ2n) is 5.72. The highest BCUT2D eigenvalue weighted by atomic mass is 16.2. The largest absolute Gasteiger partial charge is 0.339 e. The van der Waals surface area contributed by atoms with Crippen molar-refractivity contribution in [1.82, 2.24) is 9.80 Å². The third-order valence-electron chi connectivity index (χ3n) is 2.97. The van der Waals surface area contributed by atoms with E-state index >= 15 is 0 Å². The standard InChI is InChI=1S/C12H25N3O/c1-10-9-14(4)6-5-7-15(10)11(16)8-12(2,3)13/h10H,5-9,13H2,1-4H3. The van der Waals surface area contributed by atoms with E-state index in [0.29, 0.717) is 12.5 Å². The van der Waals surface area contributed by atoms with Crippen LogP contribution in [0.3, 0.4) is 0 Å². The van der Waals surface area contributed by atoms with Crippen molar-refractivity contribution in [2.45, 2.75) is 45.2 Å². The molecule has 0 aliphatic carbocycles. The molecule has 1 amide bonds. The molecular weight excluding hydrogens is 202 g/mol. The molecule has 0 saturated carbocycles. The van der Waals surface area contributed by atoms with Gasteiger partial charge < -0.3 is 15.5 Å². The molecule has 4 nitrogen and oxygen atoms in total. The van der Waals surface area contributed by atoms with Crippen molar-refractivity contribution in [3.8, 4) is 0 Å². The van der Waals surface area contributed by atoms with Crippen LogP contribution in [-0.4, -0.2) is 54.0 Å². The summed E-state index contributed by atoms with van der Waals surface area (Å²) in [5, 5.41) is 0. The van der Waals surface area contributed by atoms with E-state index in [1.165, 1.54) is 0 Å². The lowest BCUT2D eigenvalue weighted by molar-refractivity contribution is -0.134. The maximum Gasteiger partial charge on any atom is 0.224 e. The van der Waals surface area contributed by atoms with Crippen molar-refractivity contribution in [2.24, 2.45) is 5.73 Å². The van der Waals surface area contributed by atoms with Crippen molar-refractivity contribution >= 4 is 5.91 Å². The van der Waals surface area contributed by atoms with Crippen LogP contribution >= 0.6 is 0 Å². The molecule has 0 aromatic carbocycles. The van der Waals surface area contributed by atoms with Crippen LogP contribution in [0.2, 0.25) is 0 Å². The first-order valence-electron chi connectivity index (χ1n) is 6.06. The maximum atomic E-state index is 12.1. The third kappa shape index (κ3) is 4.10. The van der Waals surface area contributed by atoms with E-state index in [2.05, 4.69) is 18.9 Å². The van der Waals surface area contributed by atoms with Gasteiger partial charge in [-0.3, -0.25) is 4.79 Å². The smallest absolute Gasteiger partial charge is 0.224 e. The topological polar surface area (TPSA) is 49.6 Å². The van der Waals surface area contributed by atoms with Crippen molar-refractivity contribution in [1.29, 1.82) is 0 Å². The number of carbonyl (C=O) groups is 1. The van der Waals surface area contributed by atoms with Crippen LogP contribution in [-0.2, 0) is 4.79 Å². The van der Waals surface area contributed by atoms with E-state index in [1.807, 2.05) is 18.7 Å². The van der Waals surface area contributed by atoms with Gasteiger partial charge in [0.1, 0.15) is 0 Å². The quantitative estimate of drug-likeness (QED) is 0.754. The van der Waals surface area contributed by atoms with Crippen molar-refractivity contribution in [3.05, 3.63) is 0 Å². The number of hydrogen-bond donors (Lipinski definition) is 1. The maximum absolute atomic E-state index is 12.1. The van der Waals surface area contributed by atoms with Gasteiger partial charge in [0.25, 0.3) is 0 Å². The number of carbonyl (C=O) groups excluding carboxylic acids is 1. The molecule has 1 aliphatic heterocycles. The molecule has 1 heterocycles. The summed E-state index contributed by atoms with van der Waals surface area (Å²) in [5.74, 6) is 0.190. The summed E-state index contributed by atoms with van der Waals surface area (Å²) < 4.78 is 0. The van der Waals surface area contributed by atoms with Crippen molar-refractivity contribution in [3.63, 3.8) is 0 Å². The molecule has 4 heteroatoms. The van der Waals surface area contributed by atoms with Gasteiger partial charge in [-0.15, -0.1) is 0 Å². The lowest BCUT2D eigenvalue weighted by Gasteiger charge is -2.30. The Morgan fingerprint density at radius 1 is 1.44 bits per heavy atom. The first-order chi connectivity index (χ1) is 7.29. The van der Waals surface area contributed by atoms with E-state index in [0.717, 1.165) is 26.1 Å². The second kappa shape index (κ2) is 5.15. The number of nitrogens with zero attached hydrogens (tertiary/aromatic N) is 2. The molecule has 1 aliphatic rings. The summed E-state index contributed by atoms with van der Waals surface area (Å²) in [7, 11) is 2.11. The van der Waals surface area contributed by atoms with Gasteiger partial charge in [-0.2, -0.15) is 0 Å². The molecule has 2 N–H and O–H groups in total. The zero-order valence-corrected chi connectivity index (χ0v) is 11.0. The van der Waals surface area contributed by atoms with E-state index in [1.54, 1.807) is 0 Å². The number of rotatable bonds is 2. The second-order valence-corrected chi connectivity index (χ2v) is 5.72. The lowest BCUT2D eigenvalue weighted by atomic mass is 10.0. The molecule has 1 atom stereocenters. The molecule has 1 fully saturated rings. The number of likely N-dealkylation sites (N-methyl/N-ethyl adjacent to an activating group) is 1. The molecule has 0 radical (unpaired) electrons. The van der Waals surface area contributed by atoms with Gasteiger partial charge in [-0.05, 0) is 40.8 Å². The first-order valence-corrected chi connectivity index (χ1v) is 6.06. The summed E-state index contributed by atoms with van der Waals surface area (Å²) in [4.78, 5) is 16.4. The van der Waals surface area contributed by atoms with Gasteiger partial charge in [0.15, 0.2) is 0 Å². The predicted octanol–water partition coefficient (Wildman–Crippen LogP) is 0.666. The first kappa shape index (κ1) is 13.5. The van der Waals surface area contributed by atoms with Gasteiger partial charge in [0, 0.05) is 31.1 Å². The summed E-state index contributed by atoms with van der Waals surface area (Å²) >= 11 is 0. The Kier molecular flexibility index (Phi) is 4.33. The predicted molar refractivity (Wildman–Crippen MR) is 66.2 cm³/mol. The van der Waals surface area contributed by atoms with Crippen molar-refractivity contribution in [2.75, 3.05) is 26.7 Å². The average molecular weight is 227 g/mol. The van der Waals surface area contributed by atoms with Crippen LogP contribution in [0.5, 0.6) is 0 Å². The Balaban J connectivity index is 2.60. The summed E-state index contributed by atoms with van der Waals surface area (Å²) in [6, 6.07) is 0.294. The van der Waals surface area contributed by atoms with Gasteiger partial charge in [0.05, 0.1) is 0 Å². The average Bonchev–Trinajstić information content (AvgIpc) is 2.23. The molecule has 16 heavy (non-hydrogen) atoms. The zero-order valence-electron chi connectivity index (χ0n) is 11.0. The Labute approximate surface area is 98.8 Å². The molecule has 94 valence electrons. The Bertz CT molecular complexity index is 247. The lowest BCUT2D eigenvalue weighted by Crippen LogP contribution is -2.46. The highest BCUT2D eigenvalue weighted by Gasteiger charge is 2.27. The fourth-order valence-corrected chi connectivity index (χ4v) is 2.23. The Morgan fingerprint density at radius 2 is 2.06 bits per heavy atom. The molecule has 1 saturated heterocycles. The van der Waals surface area contributed by atoms with Crippen LogP contribution in [0, 0.1) is 0 Å². The van der Waals surface area contributed by atoms with Gasteiger partial charge in [-0.1, -0.05) is 0 Å². The van der Waals surface area contributed by atoms with Crippen LogP contribution < -0.4 is 5.73 Å². The minimum atomic E-state index is -0.408. The summed E-state index contributed by atoms with van der Waals surface area (Å²) in [6.45, 7) is 8.81. The molecule has 1 unspecified atom stereocenters. The monoisotopic (exact) mass is 227 g/mol. The summed E-state index contributed by atoms with van der Waals surface area (Å²) in [6.07, 6.45) is 1.48. The zero-order chi connectivity index (χ0) is 12.3. The van der Waals surface area contributed by atoms with Crippen LogP contribution in [0.1, 0.15) is 33.6 Å². The van der Waals surface area contributed by atoms with E-state index in [-0.39, 0.29) is 5.91 Å². The highest BCUT2D eigenvalue weighted by molar-refractivity contribution is 5.77. The fraction of sp³-hybridized carbons (Fsp3) is 0.917. The molecule has 1 rings (SSSR count). The fourth-order valence-electron chi connectivity index (χ4n) is 2.23. The SMILES string of the molecule is CC1CN(C)CCCN1C(=O)CC(C)(C)N. The van der Waals surface area contributed by atoms with Gasteiger partial charge in [-0.25, -0.2) is 0 Å². The molecule has 0 aromatic heterocycles. The number of hydrogen-bond acceptors (Lipinski definition) is 3. The van der Waals surface area contributed by atoms with Crippen molar-refractivity contribution < 1.29 is 4.79 Å². The van der Waals surface area contributed by atoms with Gasteiger partial charge >= 0.3 is 0 Å². The Morgan fingerprint density at radius 3 is 2.62 bits per heavy atom. The van der Waals surface area contributed by atoms with Crippen LogP contribution in [0.15, 0.2) is 0 Å². The van der Waals surface area contributed by atoms with Crippen LogP contribution in [0.25, 0.3) is 0 Å². The minimum absolute atomic E-state index is 0.190. The molecular formula is C12H25N3O. The van der Waals surface area contributed by atoms with Crippen LogP contribution in [0.4, 0.5) is 0 Å². The molecule has 0 aromatic rings. The van der Waals surface area contributed by atoms with E-state index in [4.69, 9.17) is 5.73 Å². The number of amides is 1. The normalized spacial score (nSPS) is 24.3. The third-order valence-corrected chi connectivity index (χ3v) is 2.97. The molecule has 0 spiro atoms. The van der Waals surface area contributed by atoms with E-state index < -0.39 is 5.54 Å². The van der Waals surface area contributed by atoms with E-state index in [9.17, 15) is 4.79 Å². The summed E-state index contributed by atoms with van der Waals surface area (Å²) in [5.41, 5.74) is 5.49.